The molecule has 5 heteroatoms. The molecule has 1 aromatic carbocycles. The minimum absolute atomic E-state index is 0.220. The van der Waals surface area contributed by atoms with Crippen LogP contribution < -0.4 is 5.32 Å². The SMILES string of the molecule is Cc1cc(Br)c(NCCCCC(=O)O)cc1Cl. The summed E-state index contributed by atoms with van der Waals surface area (Å²) in [6.45, 7) is 2.69. The Bertz CT molecular complexity index is 410. The van der Waals surface area contributed by atoms with E-state index in [2.05, 4.69) is 21.2 Å². The summed E-state index contributed by atoms with van der Waals surface area (Å²) in [5, 5.41) is 12.4. The number of aliphatic carboxylic acids is 1. The first-order chi connectivity index (χ1) is 8.00. The molecule has 0 atom stereocenters. The Hall–Kier alpha value is -0.740. The Labute approximate surface area is 114 Å². The van der Waals surface area contributed by atoms with Gasteiger partial charge < -0.3 is 10.4 Å². The number of rotatable bonds is 6. The van der Waals surface area contributed by atoms with Crippen molar-refractivity contribution in [3.05, 3.63) is 27.2 Å². The van der Waals surface area contributed by atoms with Crippen molar-refractivity contribution in [1.82, 2.24) is 0 Å². The Morgan fingerprint density at radius 2 is 2.18 bits per heavy atom. The molecule has 0 spiro atoms. The molecule has 1 rings (SSSR count). The molecule has 0 amide bonds. The van der Waals surface area contributed by atoms with E-state index in [-0.39, 0.29) is 6.42 Å². The van der Waals surface area contributed by atoms with Crippen molar-refractivity contribution in [2.45, 2.75) is 26.2 Å². The van der Waals surface area contributed by atoms with Crippen LogP contribution >= 0.6 is 27.5 Å². The summed E-state index contributed by atoms with van der Waals surface area (Å²) in [6.07, 6.45) is 1.72. The first-order valence-corrected chi connectivity index (χ1v) is 6.59. The van der Waals surface area contributed by atoms with E-state index in [1.807, 2.05) is 19.1 Å². The van der Waals surface area contributed by atoms with E-state index in [9.17, 15) is 4.79 Å². The van der Waals surface area contributed by atoms with Crippen LogP contribution in [-0.2, 0) is 4.79 Å². The van der Waals surface area contributed by atoms with Gasteiger partial charge in [-0.25, -0.2) is 0 Å². The van der Waals surface area contributed by atoms with Gasteiger partial charge in [-0.1, -0.05) is 11.6 Å². The van der Waals surface area contributed by atoms with Gasteiger partial charge >= 0.3 is 5.97 Å². The topological polar surface area (TPSA) is 49.3 Å². The van der Waals surface area contributed by atoms with Gasteiger partial charge in [0.15, 0.2) is 0 Å². The van der Waals surface area contributed by atoms with Crippen molar-refractivity contribution >= 4 is 39.2 Å². The first kappa shape index (κ1) is 14.3. The van der Waals surface area contributed by atoms with Gasteiger partial charge in [-0.3, -0.25) is 4.79 Å². The van der Waals surface area contributed by atoms with Gasteiger partial charge in [0.2, 0.25) is 0 Å². The Morgan fingerprint density at radius 3 is 2.82 bits per heavy atom. The predicted octanol–water partition coefficient (Wildman–Crippen LogP) is 4.08. The summed E-state index contributed by atoms with van der Waals surface area (Å²) in [7, 11) is 0. The molecule has 0 aliphatic carbocycles. The van der Waals surface area contributed by atoms with E-state index in [1.54, 1.807) is 0 Å². The van der Waals surface area contributed by atoms with Crippen LogP contribution in [0.2, 0.25) is 5.02 Å². The molecular formula is C12H15BrClNO2. The molecule has 0 heterocycles. The minimum Gasteiger partial charge on any atom is -0.481 e. The summed E-state index contributed by atoms with van der Waals surface area (Å²) in [6, 6.07) is 3.83. The fraction of sp³-hybridized carbons (Fsp3) is 0.417. The first-order valence-electron chi connectivity index (χ1n) is 5.42. The number of benzene rings is 1. The highest BCUT2D eigenvalue weighted by molar-refractivity contribution is 9.10. The second kappa shape index (κ2) is 6.87. The number of nitrogens with one attached hydrogen (secondary N) is 1. The molecular weight excluding hydrogens is 305 g/mol. The molecule has 2 N–H and O–H groups in total. The van der Waals surface area contributed by atoms with Crippen molar-refractivity contribution in [2.24, 2.45) is 0 Å². The standard InChI is InChI=1S/C12H15BrClNO2/c1-8-6-9(13)11(7-10(8)14)15-5-3-2-4-12(16)17/h6-7,15H,2-5H2,1H3,(H,16,17). The summed E-state index contributed by atoms with van der Waals surface area (Å²) in [5.41, 5.74) is 1.96. The summed E-state index contributed by atoms with van der Waals surface area (Å²) >= 11 is 9.49. The number of aryl methyl sites for hydroxylation is 1. The molecule has 0 saturated carbocycles. The van der Waals surface area contributed by atoms with Crippen LogP contribution in [0, 0.1) is 6.92 Å². The van der Waals surface area contributed by atoms with Crippen LogP contribution in [-0.4, -0.2) is 17.6 Å². The highest BCUT2D eigenvalue weighted by atomic mass is 79.9. The lowest BCUT2D eigenvalue weighted by Gasteiger charge is -2.10. The molecule has 3 nitrogen and oxygen atoms in total. The minimum atomic E-state index is -0.746. The average Bonchev–Trinajstić information content (AvgIpc) is 2.24. The maximum absolute atomic E-state index is 10.3. The Morgan fingerprint density at radius 1 is 1.47 bits per heavy atom. The zero-order valence-electron chi connectivity index (χ0n) is 9.59. The second-order valence-electron chi connectivity index (χ2n) is 3.86. The molecule has 0 aromatic heterocycles. The van der Waals surface area contributed by atoms with Crippen LogP contribution in [0.5, 0.6) is 0 Å². The van der Waals surface area contributed by atoms with Gasteiger partial charge in [0.25, 0.3) is 0 Å². The molecule has 17 heavy (non-hydrogen) atoms. The van der Waals surface area contributed by atoms with Gasteiger partial charge in [0.1, 0.15) is 0 Å². The number of carboxylic acids is 1. The molecule has 0 saturated heterocycles. The Balaban J connectivity index is 2.41. The van der Waals surface area contributed by atoms with Gasteiger partial charge in [-0.2, -0.15) is 0 Å². The highest BCUT2D eigenvalue weighted by Gasteiger charge is 2.03. The van der Waals surface area contributed by atoms with Crippen LogP contribution in [0.4, 0.5) is 5.69 Å². The van der Waals surface area contributed by atoms with E-state index in [4.69, 9.17) is 16.7 Å². The molecule has 94 valence electrons. The van der Waals surface area contributed by atoms with Crippen molar-refractivity contribution < 1.29 is 9.90 Å². The number of carbonyl (C=O) groups is 1. The molecule has 0 bridgehead atoms. The zero-order chi connectivity index (χ0) is 12.8. The van der Waals surface area contributed by atoms with Crippen LogP contribution in [0.15, 0.2) is 16.6 Å². The maximum Gasteiger partial charge on any atom is 0.303 e. The number of carboxylic acid groups (broad SMARTS) is 1. The van der Waals surface area contributed by atoms with Crippen molar-refractivity contribution in [3.63, 3.8) is 0 Å². The van der Waals surface area contributed by atoms with Crippen molar-refractivity contribution in [2.75, 3.05) is 11.9 Å². The van der Waals surface area contributed by atoms with Crippen molar-refractivity contribution in [1.29, 1.82) is 0 Å². The lowest BCUT2D eigenvalue weighted by molar-refractivity contribution is -0.137. The Kier molecular flexibility index (Phi) is 5.78. The predicted molar refractivity (Wildman–Crippen MR) is 73.9 cm³/mol. The van der Waals surface area contributed by atoms with E-state index in [0.717, 1.165) is 33.7 Å². The largest absolute Gasteiger partial charge is 0.481 e. The fourth-order valence-electron chi connectivity index (χ4n) is 1.41. The van der Waals surface area contributed by atoms with Crippen LogP contribution in [0.1, 0.15) is 24.8 Å². The van der Waals surface area contributed by atoms with Crippen LogP contribution in [0.25, 0.3) is 0 Å². The number of hydrogen-bond acceptors (Lipinski definition) is 2. The molecule has 0 aliphatic heterocycles. The van der Waals surface area contributed by atoms with Gasteiger partial charge in [-0.15, -0.1) is 0 Å². The third-order valence-corrected chi connectivity index (χ3v) is 3.44. The lowest BCUT2D eigenvalue weighted by atomic mass is 10.2. The van der Waals surface area contributed by atoms with Gasteiger partial charge in [0.05, 0.1) is 0 Å². The van der Waals surface area contributed by atoms with E-state index in [1.165, 1.54) is 0 Å². The zero-order valence-corrected chi connectivity index (χ0v) is 11.9. The average molecular weight is 321 g/mol. The normalized spacial score (nSPS) is 10.3. The summed E-state index contributed by atoms with van der Waals surface area (Å²) in [5.74, 6) is -0.746. The van der Waals surface area contributed by atoms with Gasteiger partial charge in [-0.05, 0) is 53.4 Å². The third-order valence-electron chi connectivity index (χ3n) is 2.38. The molecule has 1 aromatic rings. The highest BCUT2D eigenvalue weighted by Crippen LogP contribution is 2.29. The number of anilines is 1. The maximum atomic E-state index is 10.3. The van der Waals surface area contributed by atoms with Gasteiger partial charge in [0, 0.05) is 28.1 Å². The fourth-order valence-corrected chi connectivity index (χ4v) is 2.17. The number of unbranched alkanes of at least 4 members (excludes halogenated alkanes) is 1. The summed E-state index contributed by atoms with van der Waals surface area (Å²) < 4.78 is 0.970. The second-order valence-corrected chi connectivity index (χ2v) is 5.12. The molecule has 0 radical (unpaired) electrons. The van der Waals surface area contributed by atoms with E-state index >= 15 is 0 Å². The number of hydrogen-bond donors (Lipinski definition) is 2. The monoisotopic (exact) mass is 319 g/mol. The third kappa shape index (κ3) is 4.96. The van der Waals surface area contributed by atoms with E-state index in [0.29, 0.717) is 6.42 Å². The molecule has 0 unspecified atom stereocenters. The smallest absolute Gasteiger partial charge is 0.303 e. The lowest BCUT2D eigenvalue weighted by Crippen LogP contribution is -2.04. The van der Waals surface area contributed by atoms with Crippen LogP contribution in [0.3, 0.4) is 0 Å². The summed E-state index contributed by atoms with van der Waals surface area (Å²) in [4.78, 5) is 10.3. The van der Waals surface area contributed by atoms with Crippen molar-refractivity contribution in [3.8, 4) is 0 Å². The van der Waals surface area contributed by atoms with E-state index < -0.39 is 5.97 Å². The molecule has 0 fully saturated rings. The number of halogens is 2. The molecule has 0 aliphatic rings. The quantitative estimate of drug-likeness (QED) is 0.777.